The van der Waals surface area contributed by atoms with Crippen molar-refractivity contribution in [3.05, 3.63) is 138 Å². The number of allylic oxidation sites excluding steroid dienone is 1. The molecule has 0 bridgehead atoms. The van der Waals surface area contributed by atoms with Gasteiger partial charge >= 0.3 is 5.97 Å². The van der Waals surface area contributed by atoms with E-state index in [1.807, 2.05) is 121 Å². The third-order valence-electron chi connectivity index (χ3n) is 7.56. The molecule has 0 aromatic heterocycles. The van der Waals surface area contributed by atoms with Crippen LogP contribution in [0.4, 0.5) is 0 Å². The first-order valence-electron chi connectivity index (χ1n) is 14.9. The van der Waals surface area contributed by atoms with Gasteiger partial charge in [-0.25, -0.2) is 4.79 Å². The summed E-state index contributed by atoms with van der Waals surface area (Å²) in [6, 6.07) is 38.2. The van der Waals surface area contributed by atoms with E-state index in [1.165, 1.54) is 11.8 Å². The van der Waals surface area contributed by atoms with Crippen LogP contribution in [0.25, 0.3) is 0 Å². The number of benzene rings is 4. The highest BCUT2D eigenvalue weighted by molar-refractivity contribution is 8.16. The molecule has 1 aliphatic heterocycles. The molecule has 1 heterocycles. The van der Waals surface area contributed by atoms with Crippen molar-refractivity contribution in [2.75, 3.05) is 0 Å². The van der Waals surface area contributed by atoms with Gasteiger partial charge in [-0.05, 0) is 33.8 Å². The minimum absolute atomic E-state index is 0.0219. The zero-order chi connectivity index (χ0) is 32.5. The van der Waals surface area contributed by atoms with Crippen LogP contribution in [0.2, 0.25) is 0 Å². The summed E-state index contributed by atoms with van der Waals surface area (Å²) in [5.41, 5.74) is 1.61. The van der Waals surface area contributed by atoms with Crippen molar-refractivity contribution >= 4 is 62.9 Å². The van der Waals surface area contributed by atoms with E-state index < -0.39 is 18.9 Å². The van der Waals surface area contributed by atoms with Gasteiger partial charge in [0.25, 0.3) is 0 Å². The second kappa shape index (κ2) is 15.1. The molecule has 234 valence electrons. The zero-order valence-corrected chi connectivity index (χ0v) is 27.4. The molecule has 1 unspecified atom stereocenters. The highest BCUT2D eigenvalue weighted by Gasteiger charge is 2.47. The van der Waals surface area contributed by atoms with Crippen molar-refractivity contribution < 1.29 is 23.9 Å². The van der Waals surface area contributed by atoms with E-state index >= 15 is 0 Å². The maximum atomic E-state index is 14.6. The summed E-state index contributed by atoms with van der Waals surface area (Å²) in [6.07, 6.45) is 0.141. The highest BCUT2D eigenvalue weighted by Crippen LogP contribution is 2.49. The number of esters is 1. The monoisotopic (exact) mass is 650 g/mol. The SMILES string of the molecule is CC(=O)N/C(C)=C\SC(=O)CC1CC(=O)N1C(C(=O)OCc1ccccc1)=P(c1ccccc1)(c1ccccc1)c1ccccc1. The van der Waals surface area contributed by atoms with Crippen LogP contribution in [0.3, 0.4) is 0 Å². The van der Waals surface area contributed by atoms with Gasteiger partial charge in [-0.3, -0.25) is 14.4 Å². The van der Waals surface area contributed by atoms with Crippen LogP contribution >= 0.6 is 18.6 Å². The Morgan fingerprint density at radius 2 is 1.28 bits per heavy atom. The molecule has 7 nitrogen and oxygen atoms in total. The lowest BCUT2D eigenvalue weighted by Crippen LogP contribution is -2.60. The normalized spacial score (nSPS) is 14.7. The number of carbonyl (C=O) groups excluding carboxylic acids is 4. The van der Waals surface area contributed by atoms with Gasteiger partial charge in [0.05, 0.1) is 6.04 Å². The molecule has 1 aliphatic rings. The first-order valence-corrected chi connectivity index (χ1v) is 17.6. The summed E-state index contributed by atoms with van der Waals surface area (Å²) in [5, 5.41) is 6.70. The molecule has 2 amide bonds. The predicted molar refractivity (Wildman–Crippen MR) is 186 cm³/mol. The van der Waals surface area contributed by atoms with Gasteiger partial charge in [0.1, 0.15) is 12.0 Å². The minimum Gasteiger partial charge on any atom is -0.456 e. The van der Waals surface area contributed by atoms with Crippen LogP contribution in [0.5, 0.6) is 0 Å². The number of hydrogen-bond acceptors (Lipinski definition) is 6. The van der Waals surface area contributed by atoms with Crippen molar-refractivity contribution in [3.63, 3.8) is 0 Å². The molecule has 0 saturated carbocycles. The van der Waals surface area contributed by atoms with Crippen molar-refractivity contribution in [1.82, 2.24) is 10.2 Å². The largest absolute Gasteiger partial charge is 0.456 e. The second-order valence-corrected chi connectivity index (χ2v) is 15.1. The van der Waals surface area contributed by atoms with Crippen molar-refractivity contribution in [1.29, 1.82) is 0 Å². The Kier molecular flexibility index (Phi) is 10.7. The smallest absolute Gasteiger partial charge is 0.356 e. The van der Waals surface area contributed by atoms with Crippen molar-refractivity contribution in [2.45, 2.75) is 39.3 Å². The molecule has 1 fully saturated rings. The van der Waals surface area contributed by atoms with E-state index in [0.29, 0.717) is 5.70 Å². The van der Waals surface area contributed by atoms with Crippen LogP contribution in [-0.4, -0.2) is 39.3 Å². The summed E-state index contributed by atoms with van der Waals surface area (Å²) in [4.78, 5) is 54.5. The topological polar surface area (TPSA) is 92.8 Å². The predicted octanol–water partition coefficient (Wildman–Crippen LogP) is 5.10. The van der Waals surface area contributed by atoms with E-state index in [9.17, 15) is 19.2 Å². The number of amides is 2. The minimum atomic E-state index is -3.06. The lowest BCUT2D eigenvalue weighted by atomic mass is 9.99. The molecule has 46 heavy (non-hydrogen) atoms. The summed E-state index contributed by atoms with van der Waals surface area (Å²) >= 11 is 0.962. The molecular weight excluding hydrogens is 615 g/mol. The Bertz CT molecular complexity index is 1690. The Labute approximate surface area is 273 Å². The van der Waals surface area contributed by atoms with Crippen molar-refractivity contribution in [2.24, 2.45) is 0 Å². The van der Waals surface area contributed by atoms with Gasteiger partial charge in [0.2, 0.25) is 11.8 Å². The molecule has 1 atom stereocenters. The van der Waals surface area contributed by atoms with Gasteiger partial charge in [-0.15, -0.1) is 0 Å². The second-order valence-electron chi connectivity index (χ2n) is 10.9. The van der Waals surface area contributed by atoms with E-state index in [-0.39, 0.29) is 41.8 Å². The standard InChI is InChI=1S/C37H35N2O5PS/c1-27(38-28(2)40)26-46-35(42)24-30-23-34(41)39(30)36(37(43)44-25-29-15-7-3-8-16-29)45(31-17-9-4-10-18-31,32-19-11-5-12-20-32)33-21-13-6-14-22-33/h3-22,26,30H,23-25H2,1-2H3,(H,38,40)/b27-26-. The van der Waals surface area contributed by atoms with Crippen LogP contribution < -0.4 is 21.2 Å². The molecule has 9 heteroatoms. The van der Waals surface area contributed by atoms with E-state index in [0.717, 1.165) is 33.2 Å². The number of carbonyl (C=O) groups is 4. The third-order valence-corrected chi connectivity index (χ3v) is 12.7. The molecule has 4 aromatic carbocycles. The Morgan fingerprint density at radius 1 is 0.804 bits per heavy atom. The first-order chi connectivity index (χ1) is 22.3. The fourth-order valence-electron chi connectivity index (χ4n) is 5.59. The number of thioether (sulfide) groups is 1. The Balaban J connectivity index is 1.71. The molecule has 0 aliphatic carbocycles. The van der Waals surface area contributed by atoms with E-state index in [2.05, 4.69) is 5.32 Å². The lowest BCUT2D eigenvalue weighted by molar-refractivity contribution is -0.145. The number of likely N-dealkylation sites (tertiary alicyclic amines) is 1. The summed E-state index contributed by atoms with van der Waals surface area (Å²) in [6.45, 7) is 0.0690. The summed E-state index contributed by atoms with van der Waals surface area (Å²) < 4.78 is 6.05. The van der Waals surface area contributed by atoms with E-state index in [4.69, 9.17) is 4.74 Å². The van der Waals surface area contributed by atoms with Gasteiger partial charge in [0.15, 0.2) is 5.12 Å². The number of nitrogens with zero attached hydrogens (tertiary/aromatic N) is 1. The van der Waals surface area contributed by atoms with Crippen molar-refractivity contribution in [3.8, 4) is 0 Å². The van der Waals surface area contributed by atoms with Crippen LogP contribution in [0.15, 0.2) is 132 Å². The molecule has 5 rings (SSSR count). The lowest BCUT2D eigenvalue weighted by Gasteiger charge is -2.45. The number of ether oxygens (including phenoxy) is 1. The average Bonchev–Trinajstić information content (AvgIpc) is 3.07. The van der Waals surface area contributed by atoms with Gasteiger partial charge in [-0.2, -0.15) is 0 Å². The Hall–Kier alpha value is -4.65. The molecule has 0 radical (unpaired) electrons. The number of β-lactam (4-membered cyclic amide) rings is 1. The summed E-state index contributed by atoms with van der Waals surface area (Å²) in [5.74, 6) is -1.08. The molecule has 1 N–H and O–H groups in total. The quantitative estimate of drug-likeness (QED) is 0.138. The molecule has 1 saturated heterocycles. The fourth-order valence-corrected chi connectivity index (χ4v) is 10.7. The van der Waals surface area contributed by atoms with Gasteiger partial charge in [0, 0.05) is 32.3 Å². The maximum Gasteiger partial charge on any atom is 0.356 e. The van der Waals surface area contributed by atoms with E-state index in [1.54, 1.807) is 12.3 Å². The molecule has 4 aromatic rings. The average molecular weight is 651 g/mol. The number of rotatable bonds is 11. The fraction of sp³-hybridized carbons (Fsp3) is 0.162. The van der Waals surface area contributed by atoms with Crippen LogP contribution in [-0.2, 0) is 30.5 Å². The maximum absolute atomic E-state index is 14.6. The van der Waals surface area contributed by atoms with Gasteiger partial charge < -0.3 is 15.0 Å². The van der Waals surface area contributed by atoms with Gasteiger partial charge in [-0.1, -0.05) is 133 Å². The van der Waals surface area contributed by atoms with Crippen LogP contribution in [0.1, 0.15) is 32.3 Å². The zero-order valence-electron chi connectivity index (χ0n) is 25.7. The number of nitrogens with one attached hydrogen (secondary N) is 1. The first kappa shape index (κ1) is 32.7. The molecule has 0 spiro atoms. The Morgan fingerprint density at radius 3 is 1.74 bits per heavy atom. The van der Waals surface area contributed by atoms with Crippen LogP contribution in [0, 0.1) is 0 Å². The number of hydrogen-bond donors (Lipinski definition) is 1. The summed E-state index contributed by atoms with van der Waals surface area (Å²) in [7, 11) is 0. The highest BCUT2D eigenvalue weighted by atomic mass is 32.2. The third kappa shape index (κ3) is 7.25. The molecular formula is C37H35N2O5PS.